The fraction of sp³-hybridized carbons (Fsp3) is 0.667. The summed E-state index contributed by atoms with van der Waals surface area (Å²) in [5, 5.41) is 3.48. The molecular weight excluding hydrogens is 246 g/mol. The van der Waals surface area contributed by atoms with Gasteiger partial charge in [-0.05, 0) is 49.3 Å². The summed E-state index contributed by atoms with van der Waals surface area (Å²) in [6, 6.07) is 9.19. The predicted molar refractivity (Wildman–Crippen MR) is 83.0 cm³/mol. The highest BCUT2D eigenvalue weighted by atomic mass is 16.5. The summed E-state index contributed by atoms with van der Waals surface area (Å²) in [6.45, 7) is 3.29. The lowest BCUT2D eigenvalue weighted by molar-refractivity contribution is -0.00517. The van der Waals surface area contributed by atoms with E-state index >= 15 is 0 Å². The van der Waals surface area contributed by atoms with Gasteiger partial charge >= 0.3 is 0 Å². The van der Waals surface area contributed by atoms with Crippen LogP contribution in [0.2, 0.25) is 0 Å². The topological polar surface area (TPSA) is 21.3 Å². The second-order valence-corrected chi connectivity index (χ2v) is 6.55. The van der Waals surface area contributed by atoms with E-state index in [4.69, 9.17) is 4.74 Å². The molecule has 2 heteroatoms. The summed E-state index contributed by atoms with van der Waals surface area (Å²) in [5.74, 6) is 1.41. The minimum absolute atomic E-state index is 0.325. The van der Waals surface area contributed by atoms with Crippen LogP contribution in [0.1, 0.15) is 62.1 Å². The number of fused-ring (bicyclic) bond motifs is 1. The van der Waals surface area contributed by atoms with E-state index in [0.717, 1.165) is 18.9 Å². The van der Waals surface area contributed by atoms with Gasteiger partial charge in [-0.2, -0.15) is 0 Å². The van der Waals surface area contributed by atoms with Gasteiger partial charge in [0, 0.05) is 6.61 Å². The van der Waals surface area contributed by atoms with E-state index in [1.54, 1.807) is 0 Å². The quantitative estimate of drug-likeness (QED) is 0.894. The molecule has 0 bridgehead atoms. The Bertz CT molecular complexity index is 439. The summed E-state index contributed by atoms with van der Waals surface area (Å²) in [7, 11) is 2.06. The van der Waals surface area contributed by atoms with Gasteiger partial charge < -0.3 is 10.1 Å². The fourth-order valence-electron chi connectivity index (χ4n) is 4.00. The van der Waals surface area contributed by atoms with Crippen LogP contribution >= 0.6 is 0 Å². The second kappa shape index (κ2) is 6.28. The number of hydrogen-bond acceptors (Lipinski definition) is 2. The number of likely N-dealkylation sites (N-methyl/N-ethyl adjacent to an activating group) is 1. The monoisotopic (exact) mass is 273 g/mol. The van der Waals surface area contributed by atoms with Crippen LogP contribution in [0.4, 0.5) is 0 Å². The zero-order chi connectivity index (χ0) is 13.9. The molecule has 3 rings (SSSR count). The third-order valence-electron chi connectivity index (χ3n) is 5.15. The molecule has 2 aliphatic rings. The third kappa shape index (κ3) is 2.77. The van der Waals surface area contributed by atoms with E-state index in [0.29, 0.717) is 18.1 Å². The first kappa shape index (κ1) is 14.1. The van der Waals surface area contributed by atoms with Crippen LogP contribution in [0.15, 0.2) is 24.3 Å². The molecule has 0 saturated heterocycles. The van der Waals surface area contributed by atoms with E-state index in [2.05, 4.69) is 43.6 Å². The molecule has 1 N–H and O–H groups in total. The fourth-order valence-corrected chi connectivity index (χ4v) is 4.00. The molecule has 2 nitrogen and oxygen atoms in total. The Hall–Kier alpha value is -0.860. The maximum absolute atomic E-state index is 6.34. The lowest BCUT2D eigenvalue weighted by atomic mass is 9.79. The van der Waals surface area contributed by atoms with Crippen molar-refractivity contribution in [3.8, 4) is 0 Å². The van der Waals surface area contributed by atoms with Crippen molar-refractivity contribution in [3.63, 3.8) is 0 Å². The van der Waals surface area contributed by atoms with Gasteiger partial charge in [-0.25, -0.2) is 0 Å². The summed E-state index contributed by atoms with van der Waals surface area (Å²) in [4.78, 5) is 0. The van der Waals surface area contributed by atoms with Crippen molar-refractivity contribution < 1.29 is 4.74 Å². The zero-order valence-corrected chi connectivity index (χ0v) is 12.8. The summed E-state index contributed by atoms with van der Waals surface area (Å²) >= 11 is 0. The van der Waals surface area contributed by atoms with Gasteiger partial charge in [0.2, 0.25) is 0 Å². The molecule has 2 aliphatic carbocycles. The molecule has 0 aliphatic heterocycles. The second-order valence-electron chi connectivity index (χ2n) is 6.55. The molecule has 0 heterocycles. The molecule has 0 amide bonds. The van der Waals surface area contributed by atoms with Gasteiger partial charge in [-0.3, -0.25) is 0 Å². The Morgan fingerprint density at radius 3 is 2.55 bits per heavy atom. The molecular formula is C18H27NO. The first-order valence-corrected chi connectivity index (χ1v) is 8.17. The lowest BCUT2D eigenvalue weighted by Gasteiger charge is -2.37. The van der Waals surface area contributed by atoms with Gasteiger partial charge in [0.1, 0.15) is 0 Å². The van der Waals surface area contributed by atoms with Gasteiger partial charge in [0.15, 0.2) is 0 Å². The first-order valence-electron chi connectivity index (χ1n) is 8.17. The average molecular weight is 273 g/mol. The Morgan fingerprint density at radius 1 is 1.15 bits per heavy atom. The zero-order valence-electron chi connectivity index (χ0n) is 12.8. The van der Waals surface area contributed by atoms with Crippen molar-refractivity contribution in [1.82, 2.24) is 5.32 Å². The summed E-state index contributed by atoms with van der Waals surface area (Å²) in [5.41, 5.74) is 2.93. The van der Waals surface area contributed by atoms with Crippen LogP contribution in [0.5, 0.6) is 0 Å². The van der Waals surface area contributed by atoms with Crippen molar-refractivity contribution in [2.45, 2.75) is 57.1 Å². The van der Waals surface area contributed by atoms with Crippen LogP contribution in [-0.2, 0) is 4.74 Å². The van der Waals surface area contributed by atoms with Crippen molar-refractivity contribution in [2.75, 3.05) is 13.7 Å². The molecule has 0 radical (unpaired) electrons. The highest BCUT2D eigenvalue weighted by molar-refractivity contribution is 5.36. The Balaban J connectivity index is 1.71. The molecule has 3 atom stereocenters. The van der Waals surface area contributed by atoms with Crippen LogP contribution < -0.4 is 5.32 Å². The molecule has 1 aromatic rings. The van der Waals surface area contributed by atoms with E-state index < -0.39 is 0 Å². The van der Waals surface area contributed by atoms with Crippen LogP contribution in [0.25, 0.3) is 0 Å². The number of nitrogens with one attached hydrogen (secondary N) is 1. The molecule has 1 fully saturated rings. The lowest BCUT2D eigenvalue weighted by Crippen LogP contribution is -2.37. The van der Waals surface area contributed by atoms with Gasteiger partial charge in [-0.1, -0.05) is 44.0 Å². The van der Waals surface area contributed by atoms with Crippen molar-refractivity contribution in [2.24, 2.45) is 5.92 Å². The maximum Gasteiger partial charge on any atom is 0.0775 e. The van der Waals surface area contributed by atoms with E-state index in [-0.39, 0.29) is 0 Å². The number of benzene rings is 1. The standard InChI is InChI=1S/C18H27NO/c1-13-11-17(20-12-14-7-3-4-8-14)18(19-2)16-10-6-5-9-15(13)16/h5-6,9-10,13-14,17-19H,3-4,7-8,11-12H2,1-2H3. The van der Waals surface area contributed by atoms with Crippen molar-refractivity contribution in [3.05, 3.63) is 35.4 Å². The van der Waals surface area contributed by atoms with Crippen LogP contribution in [0, 0.1) is 5.92 Å². The highest BCUT2D eigenvalue weighted by Crippen LogP contribution is 2.39. The number of ether oxygens (including phenoxy) is 1. The SMILES string of the molecule is CNC1c2ccccc2C(C)CC1OCC1CCCC1. The minimum Gasteiger partial charge on any atom is -0.376 e. The molecule has 3 unspecified atom stereocenters. The van der Waals surface area contributed by atoms with Gasteiger partial charge in [0.25, 0.3) is 0 Å². The number of hydrogen-bond donors (Lipinski definition) is 1. The van der Waals surface area contributed by atoms with Crippen LogP contribution in [0.3, 0.4) is 0 Å². The van der Waals surface area contributed by atoms with E-state index in [1.807, 2.05) is 0 Å². The van der Waals surface area contributed by atoms with Crippen molar-refractivity contribution >= 4 is 0 Å². The Kier molecular flexibility index (Phi) is 4.42. The van der Waals surface area contributed by atoms with E-state index in [1.165, 1.54) is 36.8 Å². The largest absolute Gasteiger partial charge is 0.376 e. The normalized spacial score (nSPS) is 30.4. The Morgan fingerprint density at radius 2 is 1.85 bits per heavy atom. The molecule has 1 saturated carbocycles. The molecule has 110 valence electrons. The minimum atomic E-state index is 0.325. The van der Waals surface area contributed by atoms with Crippen LogP contribution in [-0.4, -0.2) is 19.8 Å². The smallest absolute Gasteiger partial charge is 0.0775 e. The number of rotatable bonds is 4. The molecule has 1 aromatic carbocycles. The summed E-state index contributed by atoms with van der Waals surface area (Å²) in [6.07, 6.45) is 6.98. The van der Waals surface area contributed by atoms with Gasteiger partial charge in [0.05, 0.1) is 12.1 Å². The molecule has 20 heavy (non-hydrogen) atoms. The third-order valence-corrected chi connectivity index (χ3v) is 5.15. The first-order chi connectivity index (χ1) is 9.79. The Labute approximate surface area is 122 Å². The molecule has 0 aromatic heterocycles. The average Bonchev–Trinajstić information content (AvgIpc) is 2.99. The van der Waals surface area contributed by atoms with Crippen molar-refractivity contribution in [1.29, 1.82) is 0 Å². The summed E-state index contributed by atoms with van der Waals surface area (Å²) < 4.78 is 6.34. The predicted octanol–water partition coefficient (Wildman–Crippen LogP) is 4.03. The maximum atomic E-state index is 6.34. The highest BCUT2D eigenvalue weighted by Gasteiger charge is 2.33. The van der Waals surface area contributed by atoms with Gasteiger partial charge in [-0.15, -0.1) is 0 Å². The van der Waals surface area contributed by atoms with E-state index in [9.17, 15) is 0 Å². The molecule has 0 spiro atoms.